The predicted molar refractivity (Wildman–Crippen MR) is 72.7 cm³/mol. The second-order valence-electron chi connectivity index (χ2n) is 3.91. The van der Waals surface area contributed by atoms with Gasteiger partial charge in [-0.25, -0.2) is 9.37 Å². The summed E-state index contributed by atoms with van der Waals surface area (Å²) in [5.74, 6) is -0.258. The molecule has 2 rings (SSSR count). The molecule has 0 unspecified atom stereocenters. The quantitative estimate of drug-likeness (QED) is 0.843. The van der Waals surface area contributed by atoms with Crippen LogP contribution in [0.15, 0.2) is 30.3 Å². The van der Waals surface area contributed by atoms with E-state index in [4.69, 9.17) is 23.2 Å². The van der Waals surface area contributed by atoms with Crippen molar-refractivity contribution in [1.82, 2.24) is 4.98 Å². The number of halogens is 3. The summed E-state index contributed by atoms with van der Waals surface area (Å²) in [5, 5.41) is 3.80. The Hall–Kier alpha value is -1.32. The molecular weight excluding hydrogens is 274 g/mol. The zero-order valence-electron chi connectivity index (χ0n) is 9.67. The fourth-order valence-corrected chi connectivity index (χ4v) is 2.24. The molecule has 0 radical (unpaired) electrons. The zero-order valence-corrected chi connectivity index (χ0v) is 11.2. The summed E-state index contributed by atoms with van der Waals surface area (Å²) < 4.78 is 13.0. The third-order valence-electron chi connectivity index (χ3n) is 2.50. The molecule has 5 heteroatoms. The number of hydrogen-bond acceptors (Lipinski definition) is 2. The molecule has 1 aromatic carbocycles. The first-order chi connectivity index (χ1) is 8.56. The highest BCUT2D eigenvalue weighted by atomic mass is 35.5. The smallest absolute Gasteiger partial charge is 0.154 e. The average molecular weight is 285 g/mol. The van der Waals surface area contributed by atoms with Crippen LogP contribution in [-0.4, -0.2) is 4.98 Å². The van der Waals surface area contributed by atoms with Gasteiger partial charge in [-0.05, 0) is 36.2 Å². The molecule has 0 saturated carbocycles. The molecule has 0 fully saturated rings. The van der Waals surface area contributed by atoms with Crippen molar-refractivity contribution in [2.45, 2.75) is 13.5 Å². The number of hydrogen-bond donors (Lipinski definition) is 1. The van der Waals surface area contributed by atoms with E-state index in [1.54, 1.807) is 12.1 Å². The Bertz CT molecular complexity index is 550. The highest BCUT2D eigenvalue weighted by Crippen LogP contribution is 2.26. The molecule has 2 nitrogen and oxygen atoms in total. The van der Waals surface area contributed by atoms with E-state index in [0.29, 0.717) is 22.5 Å². The van der Waals surface area contributed by atoms with Gasteiger partial charge in [0.25, 0.3) is 0 Å². The van der Waals surface area contributed by atoms with Crippen molar-refractivity contribution in [3.05, 3.63) is 57.6 Å². The van der Waals surface area contributed by atoms with E-state index in [-0.39, 0.29) is 5.82 Å². The fourth-order valence-electron chi connectivity index (χ4n) is 1.65. The predicted octanol–water partition coefficient (Wildman–Crippen LogP) is 4.45. The van der Waals surface area contributed by atoms with Gasteiger partial charge in [-0.1, -0.05) is 35.3 Å². The van der Waals surface area contributed by atoms with Gasteiger partial charge in [-0.3, -0.25) is 0 Å². The van der Waals surface area contributed by atoms with Gasteiger partial charge >= 0.3 is 0 Å². The van der Waals surface area contributed by atoms with Crippen molar-refractivity contribution in [1.29, 1.82) is 0 Å². The van der Waals surface area contributed by atoms with Crippen molar-refractivity contribution in [3.8, 4) is 0 Å². The van der Waals surface area contributed by atoms with Crippen LogP contribution in [0.4, 0.5) is 10.1 Å². The lowest BCUT2D eigenvalue weighted by Gasteiger charge is -2.11. The highest BCUT2D eigenvalue weighted by molar-refractivity contribution is 6.34. The molecule has 0 bridgehead atoms. The van der Waals surface area contributed by atoms with E-state index in [1.165, 1.54) is 12.1 Å². The van der Waals surface area contributed by atoms with Gasteiger partial charge in [0.2, 0.25) is 0 Å². The first kappa shape index (κ1) is 13.1. The second-order valence-corrected chi connectivity index (χ2v) is 4.66. The Morgan fingerprint density at radius 2 is 2.06 bits per heavy atom. The van der Waals surface area contributed by atoms with Gasteiger partial charge in [-0.2, -0.15) is 0 Å². The number of nitrogens with zero attached hydrogens (tertiary/aromatic N) is 1. The minimum absolute atomic E-state index is 0.258. The lowest BCUT2D eigenvalue weighted by Crippen LogP contribution is -2.03. The molecular formula is C13H11Cl2FN2. The van der Waals surface area contributed by atoms with E-state index in [9.17, 15) is 4.39 Å². The molecule has 1 aromatic heterocycles. The van der Waals surface area contributed by atoms with Crippen molar-refractivity contribution in [2.75, 3.05) is 5.32 Å². The SMILES string of the molecule is Cc1cc(Cl)nc(Cl)c1NCc1cccc(F)c1. The molecule has 2 aromatic rings. The van der Waals surface area contributed by atoms with Gasteiger partial charge in [0.15, 0.2) is 5.15 Å². The van der Waals surface area contributed by atoms with Gasteiger partial charge < -0.3 is 5.32 Å². The first-order valence-corrected chi connectivity index (χ1v) is 6.13. The van der Waals surface area contributed by atoms with Crippen LogP contribution in [0.2, 0.25) is 10.3 Å². The third kappa shape index (κ3) is 3.12. The van der Waals surface area contributed by atoms with Gasteiger partial charge in [0.1, 0.15) is 11.0 Å². The number of aryl methyl sites for hydroxylation is 1. The molecule has 94 valence electrons. The second kappa shape index (κ2) is 5.55. The van der Waals surface area contributed by atoms with Crippen molar-refractivity contribution in [2.24, 2.45) is 0 Å². The van der Waals surface area contributed by atoms with Gasteiger partial charge in [0, 0.05) is 6.54 Å². The molecule has 0 aliphatic rings. The van der Waals surface area contributed by atoms with Gasteiger partial charge in [0.05, 0.1) is 5.69 Å². The summed E-state index contributed by atoms with van der Waals surface area (Å²) in [4.78, 5) is 3.96. The van der Waals surface area contributed by atoms with Crippen LogP contribution in [-0.2, 0) is 6.54 Å². The minimum atomic E-state index is -0.258. The molecule has 18 heavy (non-hydrogen) atoms. The van der Waals surface area contributed by atoms with Crippen molar-refractivity contribution >= 4 is 28.9 Å². The van der Waals surface area contributed by atoms with Crippen LogP contribution in [0, 0.1) is 12.7 Å². The Morgan fingerprint density at radius 3 is 2.72 bits per heavy atom. The Kier molecular flexibility index (Phi) is 4.04. The topological polar surface area (TPSA) is 24.9 Å². The summed E-state index contributed by atoms with van der Waals surface area (Å²) in [6.07, 6.45) is 0. The normalized spacial score (nSPS) is 10.4. The summed E-state index contributed by atoms with van der Waals surface area (Å²) >= 11 is 11.8. The van der Waals surface area contributed by atoms with E-state index in [0.717, 1.165) is 11.1 Å². The molecule has 0 spiro atoms. The molecule has 0 aliphatic heterocycles. The molecule has 0 saturated heterocycles. The van der Waals surface area contributed by atoms with E-state index in [1.807, 2.05) is 13.0 Å². The molecule has 0 aliphatic carbocycles. The van der Waals surface area contributed by atoms with E-state index in [2.05, 4.69) is 10.3 Å². The van der Waals surface area contributed by atoms with Gasteiger partial charge in [-0.15, -0.1) is 0 Å². The zero-order chi connectivity index (χ0) is 13.1. The summed E-state index contributed by atoms with van der Waals surface area (Å²) in [7, 11) is 0. The summed E-state index contributed by atoms with van der Waals surface area (Å²) in [6, 6.07) is 8.11. The van der Waals surface area contributed by atoms with Crippen LogP contribution in [0.3, 0.4) is 0 Å². The summed E-state index contributed by atoms with van der Waals surface area (Å²) in [6.45, 7) is 2.36. The van der Waals surface area contributed by atoms with Crippen molar-refractivity contribution in [3.63, 3.8) is 0 Å². The van der Waals surface area contributed by atoms with Crippen LogP contribution in [0.5, 0.6) is 0 Å². The van der Waals surface area contributed by atoms with Crippen LogP contribution >= 0.6 is 23.2 Å². The lowest BCUT2D eigenvalue weighted by molar-refractivity contribution is 0.626. The standard InChI is InChI=1S/C13H11Cl2FN2/c1-8-5-11(14)18-13(15)12(8)17-7-9-3-2-4-10(16)6-9/h2-6,17H,7H2,1H3. The highest BCUT2D eigenvalue weighted by Gasteiger charge is 2.07. The Morgan fingerprint density at radius 1 is 1.28 bits per heavy atom. The van der Waals surface area contributed by atoms with Crippen LogP contribution in [0.25, 0.3) is 0 Å². The van der Waals surface area contributed by atoms with E-state index >= 15 is 0 Å². The van der Waals surface area contributed by atoms with Crippen LogP contribution in [0.1, 0.15) is 11.1 Å². The maximum atomic E-state index is 13.0. The maximum Gasteiger partial charge on any atom is 0.154 e. The Balaban J connectivity index is 2.16. The number of benzene rings is 1. The Labute approximate surface area is 115 Å². The largest absolute Gasteiger partial charge is 0.378 e. The lowest BCUT2D eigenvalue weighted by atomic mass is 10.2. The van der Waals surface area contributed by atoms with E-state index < -0.39 is 0 Å². The minimum Gasteiger partial charge on any atom is -0.378 e. The number of pyridine rings is 1. The number of anilines is 1. The number of aromatic nitrogens is 1. The average Bonchev–Trinajstić information content (AvgIpc) is 2.27. The fraction of sp³-hybridized carbons (Fsp3) is 0.154. The molecule has 0 atom stereocenters. The monoisotopic (exact) mass is 284 g/mol. The number of nitrogens with one attached hydrogen (secondary N) is 1. The molecule has 1 heterocycles. The van der Waals surface area contributed by atoms with Crippen LogP contribution < -0.4 is 5.32 Å². The molecule has 0 amide bonds. The molecule has 1 N–H and O–H groups in total. The first-order valence-electron chi connectivity index (χ1n) is 5.37. The van der Waals surface area contributed by atoms with Crippen molar-refractivity contribution < 1.29 is 4.39 Å². The summed E-state index contributed by atoms with van der Waals surface area (Å²) in [5.41, 5.74) is 2.45. The maximum absolute atomic E-state index is 13.0. The third-order valence-corrected chi connectivity index (χ3v) is 2.97. The number of rotatable bonds is 3.